The van der Waals surface area contributed by atoms with Gasteiger partial charge in [0.2, 0.25) is 11.8 Å². The van der Waals surface area contributed by atoms with Gasteiger partial charge in [0.15, 0.2) is 11.5 Å². The van der Waals surface area contributed by atoms with Crippen LogP contribution < -0.4 is 18.9 Å². The van der Waals surface area contributed by atoms with Gasteiger partial charge in [0.05, 0.1) is 63.7 Å². The van der Waals surface area contributed by atoms with Crippen molar-refractivity contribution in [3.63, 3.8) is 0 Å². The van der Waals surface area contributed by atoms with Crippen LogP contribution in [0.1, 0.15) is 55.6 Å². The van der Waals surface area contributed by atoms with Crippen molar-refractivity contribution in [1.82, 2.24) is 19.8 Å². The van der Waals surface area contributed by atoms with Gasteiger partial charge in [0, 0.05) is 32.4 Å². The fraction of sp³-hybridized carbons (Fsp3) is 0.517. The summed E-state index contributed by atoms with van der Waals surface area (Å²) in [5, 5.41) is 18.2. The number of aliphatic carboxylic acids is 2. The number of aromatic nitrogens is 2. The number of carboxylic acids is 2. The van der Waals surface area contributed by atoms with Crippen LogP contribution in [0.4, 0.5) is 0 Å². The first kappa shape index (κ1) is 31.3. The first-order valence-electron chi connectivity index (χ1n) is 13.9. The highest BCUT2D eigenvalue weighted by molar-refractivity contribution is 5.83. The van der Waals surface area contributed by atoms with Crippen LogP contribution in [0.3, 0.4) is 0 Å². The maximum absolute atomic E-state index is 12.6. The molecule has 14 heteroatoms. The van der Waals surface area contributed by atoms with Crippen molar-refractivity contribution in [2.24, 2.45) is 11.8 Å². The molecule has 2 amide bonds. The maximum atomic E-state index is 12.6. The summed E-state index contributed by atoms with van der Waals surface area (Å²) in [6, 6.07) is 3.55. The van der Waals surface area contributed by atoms with Gasteiger partial charge in [-0.15, -0.1) is 0 Å². The number of fused-ring (bicyclic) bond motifs is 2. The van der Waals surface area contributed by atoms with E-state index in [9.17, 15) is 19.2 Å². The molecular formula is C29H36N4O10. The first-order chi connectivity index (χ1) is 20.5. The second-order valence-electron chi connectivity index (χ2n) is 10.6. The predicted octanol–water partition coefficient (Wildman–Crippen LogP) is 2.25. The average Bonchev–Trinajstić information content (AvgIpc) is 3.59. The van der Waals surface area contributed by atoms with Gasteiger partial charge in [-0.3, -0.25) is 19.2 Å². The molecule has 0 spiro atoms. The van der Waals surface area contributed by atoms with Crippen molar-refractivity contribution in [3.8, 4) is 23.3 Å². The number of nitrogens with zero attached hydrogens (tertiary/aromatic N) is 4. The van der Waals surface area contributed by atoms with E-state index in [-0.39, 0.29) is 62.7 Å². The van der Waals surface area contributed by atoms with Crippen molar-refractivity contribution in [2.75, 3.05) is 27.4 Å². The van der Waals surface area contributed by atoms with Crippen LogP contribution in [-0.2, 0) is 45.4 Å². The summed E-state index contributed by atoms with van der Waals surface area (Å²) < 4.78 is 22.6. The van der Waals surface area contributed by atoms with Crippen LogP contribution in [0.2, 0.25) is 0 Å². The van der Waals surface area contributed by atoms with E-state index in [1.165, 1.54) is 28.1 Å². The number of amides is 2. The number of ether oxygens (including phenoxy) is 4. The van der Waals surface area contributed by atoms with Crippen molar-refractivity contribution < 1.29 is 48.3 Å². The Hall–Kier alpha value is -4.62. The van der Waals surface area contributed by atoms with Crippen LogP contribution in [0.25, 0.3) is 0 Å². The van der Waals surface area contributed by atoms with Crippen LogP contribution in [0.5, 0.6) is 23.3 Å². The number of carboxylic acid groups (broad SMARTS) is 2. The molecule has 0 bridgehead atoms. The Morgan fingerprint density at radius 3 is 1.49 bits per heavy atom. The monoisotopic (exact) mass is 600 g/mol. The van der Waals surface area contributed by atoms with Crippen molar-refractivity contribution >= 4 is 23.8 Å². The summed E-state index contributed by atoms with van der Waals surface area (Å²) in [6.07, 6.45) is 0.297. The van der Waals surface area contributed by atoms with Gasteiger partial charge in [0.25, 0.3) is 11.8 Å². The fourth-order valence-electron chi connectivity index (χ4n) is 4.74. The molecule has 2 aliphatic rings. The highest BCUT2D eigenvalue weighted by Crippen LogP contribution is 2.34. The molecule has 4 rings (SSSR count). The number of rotatable bonds is 14. The van der Waals surface area contributed by atoms with Gasteiger partial charge in [-0.05, 0) is 23.3 Å². The normalized spacial score (nSPS) is 14.9. The summed E-state index contributed by atoms with van der Waals surface area (Å²) in [5.41, 5.74) is 2.96. The molecule has 2 aromatic rings. The third-order valence-corrected chi connectivity index (χ3v) is 7.37. The van der Waals surface area contributed by atoms with Gasteiger partial charge >= 0.3 is 11.9 Å². The zero-order valence-electron chi connectivity index (χ0n) is 24.6. The standard InChI is InChI=1S/C29H36N4O10/c1-16(28(36)37)8-24(34)32-12-18-10-22(40-3)26(30-20(18)14-32)42-6-5-7-43-27-23(41-4)11-19-13-33(15-21(19)31-27)25(35)9-17(2)29(38)39/h10-11,16-17H,5-9,12-15H2,1-4H3,(H,36,37)(H,38,39)/t16-,17-/m0/s1. The van der Waals surface area contributed by atoms with Gasteiger partial charge in [0.1, 0.15) is 0 Å². The van der Waals surface area contributed by atoms with E-state index in [0.717, 1.165) is 11.1 Å². The summed E-state index contributed by atoms with van der Waals surface area (Å²) in [6.45, 7) is 4.66. The molecule has 2 aromatic heterocycles. The Morgan fingerprint density at radius 2 is 1.14 bits per heavy atom. The van der Waals surface area contributed by atoms with Crippen molar-refractivity contribution in [1.29, 1.82) is 0 Å². The molecule has 2 N–H and O–H groups in total. The van der Waals surface area contributed by atoms with Gasteiger partial charge < -0.3 is 39.0 Å². The average molecular weight is 601 g/mol. The van der Waals surface area contributed by atoms with E-state index < -0.39 is 23.8 Å². The molecular weight excluding hydrogens is 564 g/mol. The number of methoxy groups -OCH3 is 2. The lowest BCUT2D eigenvalue weighted by atomic mass is 10.1. The second kappa shape index (κ2) is 13.6. The smallest absolute Gasteiger partial charge is 0.306 e. The molecule has 0 saturated carbocycles. The fourth-order valence-corrected chi connectivity index (χ4v) is 4.74. The molecule has 0 saturated heterocycles. The zero-order chi connectivity index (χ0) is 31.3. The van der Waals surface area contributed by atoms with E-state index in [2.05, 4.69) is 9.97 Å². The molecule has 0 fully saturated rings. The number of pyridine rings is 2. The van der Waals surface area contributed by atoms with Crippen molar-refractivity contribution in [3.05, 3.63) is 34.6 Å². The van der Waals surface area contributed by atoms with E-state index >= 15 is 0 Å². The molecule has 14 nitrogen and oxygen atoms in total. The number of carbonyl (C=O) groups excluding carboxylic acids is 2. The second-order valence-corrected chi connectivity index (χ2v) is 10.6. The highest BCUT2D eigenvalue weighted by Gasteiger charge is 2.30. The van der Waals surface area contributed by atoms with Crippen LogP contribution >= 0.6 is 0 Å². The summed E-state index contributed by atoms with van der Waals surface area (Å²) in [5.74, 6) is -2.68. The van der Waals surface area contributed by atoms with Gasteiger partial charge in [-0.2, -0.15) is 0 Å². The van der Waals surface area contributed by atoms with E-state index in [1.807, 2.05) is 0 Å². The molecule has 0 aromatic carbocycles. The Balaban J connectivity index is 1.30. The molecule has 43 heavy (non-hydrogen) atoms. The van der Waals surface area contributed by atoms with Crippen LogP contribution in [-0.4, -0.2) is 81.2 Å². The molecule has 2 aliphatic heterocycles. The van der Waals surface area contributed by atoms with Crippen molar-refractivity contribution in [2.45, 2.75) is 59.3 Å². The number of hydrogen-bond acceptors (Lipinski definition) is 10. The topological polar surface area (TPSA) is 178 Å². The Kier molecular flexibility index (Phi) is 9.88. The molecule has 232 valence electrons. The third-order valence-electron chi connectivity index (χ3n) is 7.37. The molecule has 0 radical (unpaired) electrons. The first-order valence-corrected chi connectivity index (χ1v) is 13.9. The Labute approximate surface area is 248 Å². The molecule has 0 aliphatic carbocycles. The maximum Gasteiger partial charge on any atom is 0.306 e. The molecule has 0 unspecified atom stereocenters. The minimum atomic E-state index is -1.02. The van der Waals surface area contributed by atoms with E-state index in [1.54, 1.807) is 21.9 Å². The SMILES string of the molecule is COc1cc2c(nc1OCCCOc1nc3c(cc1OC)CN(C(=O)C[C@H](C)C(=O)O)C3)CN(C(=O)C[C@H](C)C(=O)O)C2. The molecule has 2 atom stereocenters. The minimum Gasteiger partial charge on any atom is -0.491 e. The summed E-state index contributed by atoms with van der Waals surface area (Å²) in [7, 11) is 3.00. The number of hydrogen-bond donors (Lipinski definition) is 2. The lowest BCUT2D eigenvalue weighted by Gasteiger charge is -2.16. The quantitative estimate of drug-likeness (QED) is 0.303. The highest BCUT2D eigenvalue weighted by atomic mass is 16.5. The van der Waals surface area contributed by atoms with Crippen LogP contribution in [0.15, 0.2) is 12.1 Å². The minimum absolute atomic E-state index is 0.0872. The zero-order valence-corrected chi connectivity index (χ0v) is 24.6. The summed E-state index contributed by atoms with van der Waals surface area (Å²) in [4.78, 5) is 59.6. The van der Waals surface area contributed by atoms with E-state index in [4.69, 9.17) is 29.2 Å². The lowest BCUT2D eigenvalue weighted by molar-refractivity contribution is -0.145. The lowest BCUT2D eigenvalue weighted by Crippen LogP contribution is -2.28. The molecule has 4 heterocycles. The number of carbonyl (C=O) groups is 4. The van der Waals surface area contributed by atoms with E-state index in [0.29, 0.717) is 42.4 Å². The third kappa shape index (κ3) is 7.43. The van der Waals surface area contributed by atoms with Gasteiger partial charge in [-0.1, -0.05) is 13.8 Å². The summed E-state index contributed by atoms with van der Waals surface area (Å²) >= 11 is 0. The predicted molar refractivity (Wildman–Crippen MR) is 149 cm³/mol. The van der Waals surface area contributed by atoms with Gasteiger partial charge in [-0.25, -0.2) is 9.97 Å². The Bertz CT molecular complexity index is 1290. The largest absolute Gasteiger partial charge is 0.491 e. The Morgan fingerprint density at radius 1 is 0.744 bits per heavy atom. The van der Waals surface area contributed by atoms with Crippen LogP contribution in [0, 0.1) is 11.8 Å².